The zero-order valence-electron chi connectivity index (χ0n) is 19.2. The van der Waals surface area contributed by atoms with Gasteiger partial charge in [-0.2, -0.15) is 14.6 Å². The molecule has 3 aromatic rings. The van der Waals surface area contributed by atoms with Gasteiger partial charge in [0.1, 0.15) is 23.1 Å². The summed E-state index contributed by atoms with van der Waals surface area (Å²) in [7, 11) is -3.58. The fourth-order valence-electron chi connectivity index (χ4n) is 2.81. The molecule has 35 heavy (non-hydrogen) atoms. The van der Waals surface area contributed by atoms with Crippen molar-refractivity contribution in [2.75, 3.05) is 24.3 Å². The molecular weight excluding hydrogens is 488 g/mol. The van der Waals surface area contributed by atoms with E-state index in [1.165, 1.54) is 13.0 Å². The molecule has 9 nitrogen and oxygen atoms in total. The van der Waals surface area contributed by atoms with Gasteiger partial charge in [0.15, 0.2) is 0 Å². The topological polar surface area (TPSA) is 131 Å². The van der Waals surface area contributed by atoms with Gasteiger partial charge in [0.25, 0.3) is 11.1 Å². The molecule has 0 spiro atoms. The Bertz CT molecular complexity index is 1340. The largest absolute Gasteiger partial charge is 0.493 e. The first-order chi connectivity index (χ1) is 16.8. The van der Waals surface area contributed by atoms with Crippen LogP contribution in [0.3, 0.4) is 0 Å². The smallest absolute Gasteiger partial charge is 0.268 e. The van der Waals surface area contributed by atoms with Crippen LogP contribution in [-0.4, -0.2) is 42.6 Å². The Morgan fingerprint density at radius 3 is 2.54 bits per heavy atom. The molecule has 0 saturated carbocycles. The molecule has 3 rings (SSSR count). The second-order valence-corrected chi connectivity index (χ2v) is 10.2. The predicted octanol–water partition coefficient (Wildman–Crippen LogP) is 4.03. The van der Waals surface area contributed by atoms with Gasteiger partial charge in [-0.1, -0.05) is 37.3 Å². The van der Waals surface area contributed by atoms with E-state index in [-0.39, 0.29) is 21.6 Å². The highest BCUT2D eigenvalue weighted by Gasteiger charge is 2.20. The molecule has 1 N–H and O–H groups in total. The van der Waals surface area contributed by atoms with Crippen LogP contribution in [0.4, 0.5) is 5.13 Å². The Morgan fingerprint density at radius 2 is 1.86 bits per heavy atom. The average Bonchev–Trinajstić information content (AvgIpc) is 3.33. The third-order valence-corrected chi connectivity index (χ3v) is 7.00. The first-order valence-corrected chi connectivity index (χ1v) is 13.2. The van der Waals surface area contributed by atoms with E-state index in [9.17, 15) is 18.5 Å². The maximum absolute atomic E-state index is 12.4. The third kappa shape index (κ3) is 7.37. The summed E-state index contributed by atoms with van der Waals surface area (Å²) in [6.07, 6.45) is 2.13. The van der Waals surface area contributed by atoms with E-state index >= 15 is 0 Å². The van der Waals surface area contributed by atoms with E-state index < -0.39 is 15.7 Å². The second-order valence-electron chi connectivity index (χ2n) is 7.29. The lowest BCUT2D eigenvalue weighted by molar-refractivity contribution is -0.112. The van der Waals surface area contributed by atoms with Gasteiger partial charge in [-0.25, -0.2) is 8.42 Å². The Hall–Kier alpha value is -3.75. The number of nitrogens with zero attached hydrogens (tertiary/aromatic N) is 3. The first-order valence-electron chi connectivity index (χ1n) is 10.7. The van der Waals surface area contributed by atoms with Gasteiger partial charge in [0.05, 0.1) is 19.0 Å². The number of sulfone groups is 1. The van der Waals surface area contributed by atoms with Crippen LogP contribution in [0, 0.1) is 18.3 Å². The summed E-state index contributed by atoms with van der Waals surface area (Å²) in [5.74, 6) is 0.651. The highest BCUT2D eigenvalue weighted by molar-refractivity contribution is 7.91. The summed E-state index contributed by atoms with van der Waals surface area (Å²) in [4.78, 5) is 16.2. The number of anilines is 1. The molecule has 1 amide bonds. The summed E-state index contributed by atoms with van der Waals surface area (Å²) in [6.45, 7) is 4.48. The minimum atomic E-state index is -3.58. The number of nitrogens with one attached hydrogen (secondary N) is 1. The van der Waals surface area contributed by atoms with E-state index in [0.29, 0.717) is 30.9 Å². The number of carbonyl (C=O) groups excluding carboxylic acids is 1. The fourth-order valence-corrected chi connectivity index (χ4v) is 4.39. The Morgan fingerprint density at radius 1 is 1.14 bits per heavy atom. The Labute approximate surface area is 208 Å². The van der Waals surface area contributed by atoms with Gasteiger partial charge in [-0.05, 0) is 42.3 Å². The number of ether oxygens (including phenoxy) is 2. The molecule has 0 fully saturated rings. The van der Waals surface area contributed by atoms with Crippen molar-refractivity contribution in [3.8, 4) is 17.6 Å². The zero-order chi connectivity index (χ0) is 25.3. The van der Waals surface area contributed by atoms with Gasteiger partial charge < -0.3 is 9.47 Å². The van der Waals surface area contributed by atoms with Crippen LogP contribution < -0.4 is 14.8 Å². The maximum atomic E-state index is 12.4. The van der Waals surface area contributed by atoms with Crippen LogP contribution in [0.5, 0.6) is 11.5 Å². The van der Waals surface area contributed by atoms with Crippen molar-refractivity contribution in [3.63, 3.8) is 0 Å². The summed E-state index contributed by atoms with van der Waals surface area (Å²) in [5, 5.41) is 11.4. The molecule has 0 aliphatic rings. The van der Waals surface area contributed by atoms with E-state index in [1.807, 2.05) is 37.3 Å². The average molecular weight is 513 g/mol. The van der Waals surface area contributed by atoms with Crippen LogP contribution in [0.1, 0.15) is 24.5 Å². The Kier molecular flexibility index (Phi) is 8.94. The van der Waals surface area contributed by atoms with Crippen molar-refractivity contribution in [3.05, 3.63) is 65.2 Å². The van der Waals surface area contributed by atoms with E-state index in [4.69, 9.17) is 9.47 Å². The number of rotatable bonds is 11. The molecule has 0 radical (unpaired) electrons. The highest BCUT2D eigenvalue weighted by Crippen LogP contribution is 2.19. The van der Waals surface area contributed by atoms with Crippen LogP contribution in [0.25, 0.3) is 6.08 Å². The fraction of sp³-hybridized carbons (Fsp3) is 0.250. The number of amides is 1. The summed E-state index contributed by atoms with van der Waals surface area (Å²) in [6, 6.07) is 16.6. The lowest BCUT2D eigenvalue weighted by atomic mass is 10.1. The number of carbonyl (C=O) groups is 1. The van der Waals surface area contributed by atoms with Gasteiger partial charge in [-0.3, -0.25) is 10.1 Å². The lowest BCUT2D eigenvalue weighted by Gasteiger charge is -2.10. The molecule has 0 aliphatic heterocycles. The first kappa shape index (κ1) is 25.9. The highest BCUT2D eigenvalue weighted by atomic mass is 32.2. The monoisotopic (exact) mass is 512 g/mol. The van der Waals surface area contributed by atoms with Crippen LogP contribution >= 0.6 is 11.5 Å². The van der Waals surface area contributed by atoms with Crippen LogP contribution in [-0.2, 0) is 14.6 Å². The Balaban J connectivity index is 1.51. The summed E-state index contributed by atoms with van der Waals surface area (Å²) >= 11 is 0.732. The number of benzene rings is 2. The molecule has 0 bridgehead atoms. The zero-order valence-corrected chi connectivity index (χ0v) is 20.9. The van der Waals surface area contributed by atoms with Crippen molar-refractivity contribution < 1.29 is 22.7 Å². The normalized spacial score (nSPS) is 11.5. The molecule has 1 aromatic heterocycles. The van der Waals surface area contributed by atoms with Gasteiger partial charge in [0, 0.05) is 18.0 Å². The van der Waals surface area contributed by atoms with Crippen molar-refractivity contribution in [2.24, 2.45) is 0 Å². The molecule has 0 unspecified atom stereocenters. The van der Waals surface area contributed by atoms with Crippen molar-refractivity contribution in [1.82, 2.24) is 9.36 Å². The number of aryl methyl sites for hydroxylation is 1. The third-order valence-electron chi connectivity index (χ3n) is 4.75. The number of nitriles is 1. The molecule has 0 aliphatic carbocycles. The predicted molar refractivity (Wildman–Crippen MR) is 133 cm³/mol. The van der Waals surface area contributed by atoms with E-state index in [1.54, 1.807) is 24.3 Å². The van der Waals surface area contributed by atoms with Gasteiger partial charge in [0.2, 0.25) is 15.0 Å². The number of aromatic nitrogens is 2. The molecule has 0 atom stereocenters. The molecule has 11 heteroatoms. The van der Waals surface area contributed by atoms with Crippen LogP contribution in [0.15, 0.2) is 59.3 Å². The van der Waals surface area contributed by atoms with Crippen molar-refractivity contribution in [2.45, 2.75) is 25.4 Å². The van der Waals surface area contributed by atoms with Crippen molar-refractivity contribution in [1.29, 1.82) is 5.26 Å². The standard InChI is InChI=1S/C24H24N4O5S2/c1-3-35(30,31)24-27-23(34-28-24)26-22(29)19(16-25)15-18-9-11-20(12-10-18)32-13-6-14-33-21-8-5-4-7-17(21)2/h4-5,7-12,15H,3,6,13-14H2,1-2H3,(H,26,27,28,29)/b19-15-. The van der Waals surface area contributed by atoms with Gasteiger partial charge >= 0.3 is 0 Å². The SMILES string of the molecule is CCS(=O)(=O)c1nsc(NC(=O)/C(C#N)=C\c2ccc(OCCCOc3ccccc3C)cc2)n1. The number of hydrogen-bond acceptors (Lipinski definition) is 9. The lowest BCUT2D eigenvalue weighted by Crippen LogP contribution is -2.13. The van der Waals surface area contributed by atoms with E-state index in [0.717, 1.165) is 22.8 Å². The summed E-state index contributed by atoms with van der Waals surface area (Å²) in [5.41, 5.74) is 1.54. The molecule has 2 aromatic carbocycles. The quantitative estimate of drug-likeness (QED) is 0.231. The minimum absolute atomic E-state index is 0.00155. The van der Waals surface area contributed by atoms with Crippen LogP contribution in [0.2, 0.25) is 0 Å². The molecule has 0 saturated heterocycles. The molecule has 182 valence electrons. The number of hydrogen-bond donors (Lipinski definition) is 1. The van der Waals surface area contributed by atoms with E-state index in [2.05, 4.69) is 14.7 Å². The molecular formula is C24H24N4O5S2. The second kappa shape index (κ2) is 12.1. The summed E-state index contributed by atoms with van der Waals surface area (Å²) < 4.78 is 38.8. The van der Waals surface area contributed by atoms with Crippen molar-refractivity contribution >= 4 is 38.5 Å². The number of para-hydroxylation sites is 1. The molecule has 1 heterocycles. The maximum Gasteiger partial charge on any atom is 0.268 e. The van der Waals surface area contributed by atoms with Gasteiger partial charge in [-0.15, -0.1) is 0 Å². The minimum Gasteiger partial charge on any atom is -0.493 e.